The number of likely N-dealkylation sites (tertiary alicyclic amines) is 1. The largest absolute Gasteiger partial charge is 0.341 e. The van der Waals surface area contributed by atoms with Gasteiger partial charge in [-0.3, -0.25) is 19.1 Å². The van der Waals surface area contributed by atoms with E-state index < -0.39 is 0 Å². The Balaban J connectivity index is 1.71. The Bertz CT molecular complexity index is 751. The summed E-state index contributed by atoms with van der Waals surface area (Å²) >= 11 is 1.21. The number of hydrogen-bond acceptors (Lipinski definition) is 4. The quantitative estimate of drug-likeness (QED) is 0.867. The van der Waals surface area contributed by atoms with E-state index >= 15 is 0 Å². The van der Waals surface area contributed by atoms with Crippen molar-refractivity contribution in [3.63, 3.8) is 0 Å². The summed E-state index contributed by atoms with van der Waals surface area (Å²) in [5.41, 5.74) is 2.08. The summed E-state index contributed by atoms with van der Waals surface area (Å²) < 4.78 is 1.59. The second-order valence-electron chi connectivity index (χ2n) is 6.06. The minimum atomic E-state index is -0.0471. The monoisotopic (exact) mass is 331 g/mol. The molecule has 1 amide bonds. The van der Waals surface area contributed by atoms with Gasteiger partial charge in [0.25, 0.3) is 0 Å². The van der Waals surface area contributed by atoms with Gasteiger partial charge in [-0.2, -0.15) is 0 Å². The van der Waals surface area contributed by atoms with Crippen LogP contribution in [0.5, 0.6) is 0 Å². The second kappa shape index (κ2) is 6.66. The van der Waals surface area contributed by atoms with Crippen LogP contribution in [0.3, 0.4) is 0 Å². The van der Waals surface area contributed by atoms with Crippen LogP contribution < -0.4 is 4.87 Å². The van der Waals surface area contributed by atoms with Crippen LogP contribution in [-0.2, 0) is 11.3 Å². The molecule has 1 atom stereocenters. The number of aryl methyl sites for hydroxylation is 1. The molecule has 3 heterocycles. The van der Waals surface area contributed by atoms with Gasteiger partial charge in [0.2, 0.25) is 5.91 Å². The highest BCUT2D eigenvalue weighted by atomic mass is 32.1. The molecule has 0 saturated carbocycles. The Kier molecular flexibility index (Phi) is 4.61. The summed E-state index contributed by atoms with van der Waals surface area (Å²) in [6.07, 6.45) is 5.72. The van der Waals surface area contributed by atoms with E-state index in [1.54, 1.807) is 10.8 Å². The molecule has 0 radical (unpaired) electrons. The molecule has 122 valence electrons. The first-order chi connectivity index (χ1) is 11.1. The Morgan fingerprint density at radius 1 is 1.43 bits per heavy atom. The first-order valence-corrected chi connectivity index (χ1v) is 8.72. The molecular weight excluding hydrogens is 310 g/mol. The molecule has 2 aromatic heterocycles. The highest BCUT2D eigenvalue weighted by Gasteiger charge is 2.25. The maximum Gasteiger partial charge on any atom is 0.308 e. The molecular formula is C17H21N3O2S. The topological polar surface area (TPSA) is 55.2 Å². The zero-order valence-corrected chi connectivity index (χ0v) is 14.3. The van der Waals surface area contributed by atoms with Gasteiger partial charge in [0.15, 0.2) is 0 Å². The lowest BCUT2D eigenvalue weighted by Gasteiger charge is -2.33. The first kappa shape index (κ1) is 15.9. The number of piperidine rings is 1. The van der Waals surface area contributed by atoms with Gasteiger partial charge in [0.05, 0.1) is 0 Å². The molecule has 0 aliphatic carbocycles. The predicted molar refractivity (Wildman–Crippen MR) is 90.8 cm³/mol. The lowest BCUT2D eigenvalue weighted by molar-refractivity contribution is -0.133. The minimum Gasteiger partial charge on any atom is -0.341 e. The number of hydrogen-bond donors (Lipinski definition) is 0. The predicted octanol–water partition coefficient (Wildman–Crippen LogP) is 2.33. The van der Waals surface area contributed by atoms with Crippen LogP contribution in [0.2, 0.25) is 0 Å². The number of carbonyl (C=O) groups excluding carboxylic acids is 1. The SMILES string of the molecule is Cc1sc(=O)n(CC(=O)N2CCCC(c3cccnc3)C2)c1C. The number of pyridine rings is 1. The summed E-state index contributed by atoms with van der Waals surface area (Å²) in [4.78, 5) is 31.6. The van der Waals surface area contributed by atoms with E-state index in [4.69, 9.17) is 0 Å². The molecule has 0 bridgehead atoms. The van der Waals surface area contributed by atoms with Crippen molar-refractivity contribution in [3.05, 3.63) is 50.3 Å². The number of rotatable bonds is 3. The summed E-state index contributed by atoms with van der Waals surface area (Å²) in [6, 6.07) is 4.01. The van der Waals surface area contributed by atoms with E-state index in [0.29, 0.717) is 12.5 Å². The minimum absolute atomic E-state index is 0.0293. The van der Waals surface area contributed by atoms with Gasteiger partial charge in [0, 0.05) is 42.0 Å². The van der Waals surface area contributed by atoms with Crippen LogP contribution in [0.25, 0.3) is 0 Å². The molecule has 23 heavy (non-hydrogen) atoms. The van der Waals surface area contributed by atoms with Crippen LogP contribution in [-0.4, -0.2) is 33.4 Å². The summed E-state index contributed by atoms with van der Waals surface area (Å²) in [7, 11) is 0. The molecule has 5 nitrogen and oxygen atoms in total. The summed E-state index contributed by atoms with van der Waals surface area (Å²) in [6.45, 7) is 5.44. The van der Waals surface area contributed by atoms with Gasteiger partial charge in [-0.25, -0.2) is 0 Å². The number of nitrogens with zero attached hydrogens (tertiary/aromatic N) is 3. The van der Waals surface area contributed by atoms with Crippen LogP contribution in [0, 0.1) is 13.8 Å². The summed E-state index contributed by atoms with van der Waals surface area (Å²) in [5, 5.41) is 0. The van der Waals surface area contributed by atoms with Crippen molar-refractivity contribution in [2.75, 3.05) is 13.1 Å². The molecule has 1 saturated heterocycles. The van der Waals surface area contributed by atoms with Crippen LogP contribution in [0.4, 0.5) is 0 Å². The third-order valence-corrected chi connectivity index (χ3v) is 5.60. The highest BCUT2D eigenvalue weighted by molar-refractivity contribution is 7.09. The summed E-state index contributed by atoms with van der Waals surface area (Å²) in [5.74, 6) is 0.366. The third kappa shape index (κ3) is 3.37. The van der Waals surface area contributed by atoms with Gasteiger partial charge in [-0.1, -0.05) is 17.4 Å². The van der Waals surface area contributed by atoms with Crippen LogP contribution in [0.1, 0.15) is 34.9 Å². The fraction of sp³-hybridized carbons (Fsp3) is 0.471. The van der Waals surface area contributed by atoms with Gasteiger partial charge < -0.3 is 4.90 Å². The van der Waals surface area contributed by atoms with Crippen molar-refractivity contribution in [1.29, 1.82) is 0 Å². The first-order valence-electron chi connectivity index (χ1n) is 7.91. The van der Waals surface area contributed by atoms with E-state index in [9.17, 15) is 9.59 Å². The molecule has 1 aliphatic heterocycles. The molecule has 3 rings (SSSR count). The van der Waals surface area contributed by atoms with Crippen molar-refractivity contribution in [2.24, 2.45) is 0 Å². The lowest BCUT2D eigenvalue weighted by atomic mass is 9.92. The zero-order valence-electron chi connectivity index (χ0n) is 13.5. The smallest absolute Gasteiger partial charge is 0.308 e. The van der Waals surface area contributed by atoms with E-state index in [2.05, 4.69) is 11.1 Å². The molecule has 0 aromatic carbocycles. The Labute approximate surface area is 139 Å². The molecule has 1 unspecified atom stereocenters. The Hall–Kier alpha value is -1.95. The van der Waals surface area contributed by atoms with E-state index in [0.717, 1.165) is 30.0 Å². The van der Waals surface area contributed by atoms with E-state index in [1.165, 1.54) is 16.9 Å². The molecule has 2 aromatic rings. The zero-order chi connectivity index (χ0) is 16.4. The highest BCUT2D eigenvalue weighted by Crippen LogP contribution is 2.26. The average Bonchev–Trinajstić information content (AvgIpc) is 2.82. The third-order valence-electron chi connectivity index (χ3n) is 4.60. The normalized spacial score (nSPS) is 18.2. The van der Waals surface area contributed by atoms with Crippen molar-refractivity contribution >= 4 is 17.2 Å². The number of aromatic nitrogens is 2. The Morgan fingerprint density at radius 2 is 2.26 bits per heavy atom. The molecule has 0 spiro atoms. The van der Waals surface area contributed by atoms with E-state index in [-0.39, 0.29) is 17.3 Å². The standard InChI is InChI=1S/C17H21N3O2S/c1-12-13(2)23-17(22)20(12)11-16(21)19-8-4-6-15(10-19)14-5-3-7-18-9-14/h3,5,7,9,15H,4,6,8,10-11H2,1-2H3. The fourth-order valence-corrected chi connectivity index (χ4v) is 3.93. The van der Waals surface area contributed by atoms with Gasteiger partial charge >= 0.3 is 4.87 Å². The lowest BCUT2D eigenvalue weighted by Crippen LogP contribution is -2.41. The van der Waals surface area contributed by atoms with Crippen LogP contribution >= 0.6 is 11.3 Å². The number of amides is 1. The van der Waals surface area contributed by atoms with Gasteiger partial charge in [-0.05, 0) is 38.3 Å². The molecule has 1 aliphatic rings. The van der Waals surface area contributed by atoms with Crippen LogP contribution in [0.15, 0.2) is 29.3 Å². The van der Waals surface area contributed by atoms with Crippen molar-refractivity contribution in [3.8, 4) is 0 Å². The van der Waals surface area contributed by atoms with Gasteiger partial charge in [-0.15, -0.1) is 0 Å². The number of carbonyl (C=O) groups is 1. The van der Waals surface area contributed by atoms with Crippen molar-refractivity contribution < 1.29 is 4.79 Å². The second-order valence-corrected chi connectivity index (χ2v) is 7.23. The van der Waals surface area contributed by atoms with Crippen molar-refractivity contribution in [2.45, 2.75) is 39.2 Å². The Morgan fingerprint density at radius 3 is 2.91 bits per heavy atom. The van der Waals surface area contributed by atoms with E-state index in [1.807, 2.05) is 31.0 Å². The molecule has 0 N–H and O–H groups in total. The maximum atomic E-state index is 12.6. The molecule has 6 heteroatoms. The maximum absolute atomic E-state index is 12.6. The van der Waals surface area contributed by atoms with Gasteiger partial charge in [0.1, 0.15) is 6.54 Å². The average molecular weight is 331 g/mol. The van der Waals surface area contributed by atoms with Crippen molar-refractivity contribution in [1.82, 2.24) is 14.5 Å². The molecule has 1 fully saturated rings. The fourth-order valence-electron chi connectivity index (χ4n) is 3.10. The number of thiazole rings is 1.